The first-order valence-corrected chi connectivity index (χ1v) is 10.2. The summed E-state index contributed by atoms with van der Waals surface area (Å²) < 4.78 is 5.99. The number of ether oxygens (including phenoxy) is 1. The lowest BCUT2D eigenvalue weighted by molar-refractivity contribution is 0.0963. The maximum atomic E-state index is 11.8. The Labute approximate surface area is 195 Å². The van der Waals surface area contributed by atoms with Crippen LogP contribution < -0.4 is 20.7 Å². The zero-order chi connectivity index (χ0) is 20.5. The van der Waals surface area contributed by atoms with Crippen molar-refractivity contribution in [2.75, 3.05) is 20.2 Å². The van der Waals surface area contributed by atoms with Crippen LogP contribution in [0.5, 0.6) is 5.75 Å². The number of amides is 1. The van der Waals surface area contributed by atoms with Crippen molar-refractivity contribution in [3.8, 4) is 5.75 Å². The van der Waals surface area contributed by atoms with E-state index < -0.39 is 0 Å². The van der Waals surface area contributed by atoms with Crippen LogP contribution in [-0.2, 0) is 13.1 Å². The zero-order valence-corrected chi connectivity index (χ0v) is 19.9. The van der Waals surface area contributed by atoms with Gasteiger partial charge in [-0.3, -0.25) is 4.79 Å². The van der Waals surface area contributed by atoms with Gasteiger partial charge in [-0.05, 0) is 49.4 Å². The van der Waals surface area contributed by atoms with Crippen LogP contribution in [0.2, 0.25) is 0 Å². The smallest absolute Gasteiger partial charge is 0.251 e. The fourth-order valence-corrected chi connectivity index (χ4v) is 2.93. The fraction of sp³-hybridized carbons (Fsp3) is 0.391. The third-order valence-corrected chi connectivity index (χ3v) is 4.77. The summed E-state index contributed by atoms with van der Waals surface area (Å²) in [5.74, 6) is 2.29. The van der Waals surface area contributed by atoms with Crippen molar-refractivity contribution >= 4 is 35.8 Å². The molecule has 0 atom stereocenters. The molecular formula is C23H31IN4O2. The van der Waals surface area contributed by atoms with Crippen molar-refractivity contribution in [2.24, 2.45) is 10.9 Å². The highest BCUT2D eigenvalue weighted by Gasteiger charge is 2.22. The molecular weight excluding hydrogens is 491 g/mol. The Morgan fingerprint density at radius 3 is 2.67 bits per heavy atom. The molecule has 1 fully saturated rings. The summed E-state index contributed by atoms with van der Waals surface area (Å²) in [6.45, 7) is 4.72. The number of carbonyl (C=O) groups is 1. The number of benzene rings is 2. The van der Waals surface area contributed by atoms with Gasteiger partial charge in [0.1, 0.15) is 5.75 Å². The minimum Gasteiger partial charge on any atom is -0.493 e. The number of rotatable bonds is 9. The average Bonchev–Trinajstić information content (AvgIpc) is 3.59. The van der Waals surface area contributed by atoms with E-state index in [-0.39, 0.29) is 29.9 Å². The van der Waals surface area contributed by atoms with Crippen molar-refractivity contribution in [1.82, 2.24) is 16.0 Å². The maximum absolute atomic E-state index is 11.8. The molecule has 0 aromatic heterocycles. The van der Waals surface area contributed by atoms with Crippen LogP contribution in [0.4, 0.5) is 0 Å². The summed E-state index contributed by atoms with van der Waals surface area (Å²) in [5, 5.41) is 9.30. The summed E-state index contributed by atoms with van der Waals surface area (Å²) in [6, 6.07) is 15.6. The van der Waals surface area contributed by atoms with E-state index in [0.717, 1.165) is 41.9 Å². The van der Waals surface area contributed by atoms with Gasteiger partial charge < -0.3 is 20.7 Å². The van der Waals surface area contributed by atoms with Gasteiger partial charge in [0.15, 0.2) is 5.96 Å². The van der Waals surface area contributed by atoms with Gasteiger partial charge in [0.25, 0.3) is 5.91 Å². The first-order valence-electron chi connectivity index (χ1n) is 10.2. The number of carbonyl (C=O) groups excluding carboxylic acids is 1. The minimum absolute atomic E-state index is 0. The summed E-state index contributed by atoms with van der Waals surface area (Å²) in [7, 11) is 1.63. The van der Waals surface area contributed by atoms with Crippen molar-refractivity contribution < 1.29 is 9.53 Å². The molecule has 1 aliphatic rings. The first-order chi connectivity index (χ1) is 14.2. The second-order valence-electron chi connectivity index (χ2n) is 7.19. The van der Waals surface area contributed by atoms with Crippen LogP contribution in [-0.4, -0.2) is 32.1 Å². The monoisotopic (exact) mass is 522 g/mol. The number of nitrogens with zero attached hydrogens (tertiary/aromatic N) is 1. The van der Waals surface area contributed by atoms with Crippen LogP contribution in [0.15, 0.2) is 53.5 Å². The van der Waals surface area contributed by atoms with Gasteiger partial charge in [0.2, 0.25) is 0 Å². The number of hydrogen-bond donors (Lipinski definition) is 3. The predicted molar refractivity (Wildman–Crippen MR) is 132 cm³/mol. The van der Waals surface area contributed by atoms with Crippen LogP contribution in [0.25, 0.3) is 0 Å². The minimum atomic E-state index is -0.0938. The highest BCUT2D eigenvalue weighted by molar-refractivity contribution is 14.0. The van der Waals surface area contributed by atoms with E-state index in [9.17, 15) is 4.79 Å². The molecule has 2 aromatic rings. The number of halogens is 1. The van der Waals surface area contributed by atoms with Gasteiger partial charge >= 0.3 is 0 Å². The standard InChI is InChI=1S/C23H30N4O2.HI/c1-3-25-23(26-14-18-7-6-9-19(13-18)22(28)24-2)27-15-20-8-4-5-10-21(20)29-16-17-11-12-17;/h4-10,13,17H,3,11-12,14-16H2,1-2H3,(H,24,28)(H2,25,26,27);1H. The fourth-order valence-electron chi connectivity index (χ4n) is 2.93. The Bertz CT molecular complexity index is 853. The van der Waals surface area contributed by atoms with E-state index in [0.29, 0.717) is 18.7 Å². The quantitative estimate of drug-likeness (QED) is 0.267. The lowest BCUT2D eigenvalue weighted by atomic mass is 10.1. The SMILES string of the molecule is CCNC(=NCc1cccc(C(=O)NC)c1)NCc1ccccc1OCC1CC1.I. The molecule has 0 aliphatic heterocycles. The van der Waals surface area contributed by atoms with E-state index in [1.165, 1.54) is 12.8 Å². The molecule has 1 saturated carbocycles. The van der Waals surface area contributed by atoms with Gasteiger partial charge in [0.05, 0.1) is 13.2 Å². The van der Waals surface area contributed by atoms with Gasteiger partial charge in [-0.25, -0.2) is 4.99 Å². The molecule has 0 radical (unpaired) electrons. The van der Waals surface area contributed by atoms with E-state index >= 15 is 0 Å². The zero-order valence-electron chi connectivity index (χ0n) is 17.6. The third kappa shape index (κ3) is 7.51. The van der Waals surface area contributed by atoms with Crippen molar-refractivity contribution in [3.63, 3.8) is 0 Å². The second kappa shape index (κ2) is 12.4. The molecule has 30 heavy (non-hydrogen) atoms. The topological polar surface area (TPSA) is 74.8 Å². The Morgan fingerprint density at radius 1 is 1.13 bits per heavy atom. The molecule has 0 unspecified atom stereocenters. The summed E-state index contributed by atoms with van der Waals surface area (Å²) in [5.41, 5.74) is 2.73. The highest BCUT2D eigenvalue weighted by Crippen LogP contribution is 2.30. The summed E-state index contributed by atoms with van der Waals surface area (Å²) in [4.78, 5) is 16.5. The third-order valence-electron chi connectivity index (χ3n) is 4.77. The Kier molecular flexibility index (Phi) is 9.93. The second-order valence-corrected chi connectivity index (χ2v) is 7.19. The Balaban J connectivity index is 0.00000320. The molecule has 1 aliphatic carbocycles. The number of guanidine groups is 1. The number of hydrogen-bond acceptors (Lipinski definition) is 3. The largest absolute Gasteiger partial charge is 0.493 e. The highest BCUT2D eigenvalue weighted by atomic mass is 127. The number of aliphatic imine (C=N–C) groups is 1. The molecule has 0 saturated heterocycles. The number of para-hydroxylation sites is 1. The van der Waals surface area contributed by atoms with Crippen LogP contribution in [0.3, 0.4) is 0 Å². The molecule has 6 nitrogen and oxygen atoms in total. The van der Waals surface area contributed by atoms with Gasteiger partial charge in [-0.1, -0.05) is 30.3 Å². The molecule has 7 heteroatoms. The maximum Gasteiger partial charge on any atom is 0.251 e. The Morgan fingerprint density at radius 2 is 1.93 bits per heavy atom. The summed E-state index contributed by atoms with van der Waals surface area (Å²) >= 11 is 0. The van der Waals surface area contributed by atoms with Crippen LogP contribution >= 0.6 is 24.0 Å². The average molecular weight is 522 g/mol. The van der Waals surface area contributed by atoms with Gasteiger partial charge in [-0.2, -0.15) is 0 Å². The molecule has 162 valence electrons. The molecule has 0 spiro atoms. The van der Waals surface area contributed by atoms with E-state index in [4.69, 9.17) is 4.74 Å². The van der Waals surface area contributed by atoms with E-state index in [1.54, 1.807) is 13.1 Å². The molecule has 0 bridgehead atoms. The molecule has 1 amide bonds. The van der Waals surface area contributed by atoms with Crippen LogP contribution in [0.1, 0.15) is 41.3 Å². The van der Waals surface area contributed by atoms with Gasteiger partial charge in [0, 0.05) is 31.3 Å². The van der Waals surface area contributed by atoms with Crippen LogP contribution in [0, 0.1) is 5.92 Å². The van der Waals surface area contributed by atoms with E-state index in [1.807, 2.05) is 43.3 Å². The van der Waals surface area contributed by atoms with Crippen molar-refractivity contribution in [2.45, 2.75) is 32.9 Å². The van der Waals surface area contributed by atoms with Crippen molar-refractivity contribution in [1.29, 1.82) is 0 Å². The molecule has 3 N–H and O–H groups in total. The molecule has 2 aromatic carbocycles. The Hall–Kier alpha value is -2.29. The predicted octanol–water partition coefficient (Wildman–Crippen LogP) is 3.71. The van der Waals surface area contributed by atoms with E-state index in [2.05, 4.69) is 27.0 Å². The lowest BCUT2D eigenvalue weighted by Gasteiger charge is -2.14. The normalized spacial score (nSPS) is 13.2. The molecule has 0 heterocycles. The lowest BCUT2D eigenvalue weighted by Crippen LogP contribution is -2.36. The number of nitrogens with one attached hydrogen (secondary N) is 3. The molecule has 3 rings (SSSR count). The van der Waals surface area contributed by atoms with Gasteiger partial charge in [-0.15, -0.1) is 24.0 Å². The summed E-state index contributed by atoms with van der Waals surface area (Å²) in [6.07, 6.45) is 2.55. The van der Waals surface area contributed by atoms with Crippen molar-refractivity contribution in [3.05, 3.63) is 65.2 Å². The first kappa shape index (κ1) is 24.0.